The molecule has 0 bridgehead atoms. The Morgan fingerprint density at radius 1 is 1.29 bits per heavy atom. The van der Waals surface area contributed by atoms with Gasteiger partial charge >= 0.3 is 6.03 Å². The van der Waals surface area contributed by atoms with E-state index in [9.17, 15) is 9.18 Å². The number of aromatic nitrogens is 1. The van der Waals surface area contributed by atoms with Gasteiger partial charge in [0.2, 0.25) is 0 Å². The van der Waals surface area contributed by atoms with E-state index in [0.717, 1.165) is 29.1 Å². The van der Waals surface area contributed by atoms with Crippen molar-refractivity contribution < 1.29 is 9.18 Å². The normalized spacial score (nSPS) is 10.4. The lowest BCUT2D eigenvalue weighted by atomic mass is 10.2. The van der Waals surface area contributed by atoms with Crippen molar-refractivity contribution in [2.45, 2.75) is 26.3 Å². The van der Waals surface area contributed by atoms with Crippen molar-refractivity contribution in [1.82, 2.24) is 15.6 Å². The van der Waals surface area contributed by atoms with Crippen LogP contribution in [0.2, 0.25) is 0 Å². The number of carbonyl (C=O) groups excluding carboxylic acids is 1. The number of thiazole rings is 1. The number of hydrogen-bond donors (Lipinski definition) is 2. The highest BCUT2D eigenvalue weighted by molar-refractivity contribution is 7.09. The van der Waals surface area contributed by atoms with E-state index < -0.39 is 0 Å². The number of benzene rings is 1. The van der Waals surface area contributed by atoms with Gasteiger partial charge in [-0.15, -0.1) is 11.3 Å². The summed E-state index contributed by atoms with van der Waals surface area (Å²) in [6, 6.07) is 5.82. The molecule has 0 aliphatic heterocycles. The predicted octanol–water partition coefficient (Wildman–Crippen LogP) is 2.89. The van der Waals surface area contributed by atoms with Crippen molar-refractivity contribution >= 4 is 17.4 Å². The van der Waals surface area contributed by atoms with Crippen LogP contribution in [0, 0.1) is 5.82 Å². The molecule has 2 aromatic rings. The zero-order valence-electron chi connectivity index (χ0n) is 11.9. The average molecular weight is 307 g/mol. The van der Waals surface area contributed by atoms with E-state index in [1.807, 2.05) is 5.38 Å². The van der Waals surface area contributed by atoms with Crippen LogP contribution in [0.25, 0.3) is 0 Å². The van der Waals surface area contributed by atoms with Crippen molar-refractivity contribution in [2.75, 3.05) is 6.54 Å². The molecule has 0 saturated carbocycles. The lowest BCUT2D eigenvalue weighted by molar-refractivity contribution is 0.240. The maximum Gasteiger partial charge on any atom is 0.315 e. The number of carbonyl (C=O) groups is 1. The maximum absolute atomic E-state index is 12.7. The molecule has 0 aliphatic carbocycles. The topological polar surface area (TPSA) is 54.0 Å². The van der Waals surface area contributed by atoms with Gasteiger partial charge in [0.1, 0.15) is 5.82 Å². The zero-order valence-corrected chi connectivity index (χ0v) is 12.7. The van der Waals surface area contributed by atoms with Gasteiger partial charge in [0.15, 0.2) is 0 Å². The summed E-state index contributed by atoms with van der Waals surface area (Å²) in [5, 5.41) is 8.65. The Balaban J connectivity index is 1.66. The van der Waals surface area contributed by atoms with Crippen LogP contribution < -0.4 is 10.6 Å². The quantitative estimate of drug-likeness (QED) is 0.862. The van der Waals surface area contributed by atoms with Gasteiger partial charge in [-0.2, -0.15) is 0 Å². The fourth-order valence-corrected chi connectivity index (χ4v) is 2.56. The summed E-state index contributed by atoms with van der Waals surface area (Å²) in [6.07, 6.45) is 1.66. The second-order valence-electron chi connectivity index (χ2n) is 4.57. The van der Waals surface area contributed by atoms with Crippen LogP contribution in [0.3, 0.4) is 0 Å². The van der Waals surface area contributed by atoms with Crippen LogP contribution in [0.4, 0.5) is 9.18 Å². The molecule has 0 spiro atoms. The molecule has 0 atom stereocenters. The van der Waals surface area contributed by atoms with E-state index >= 15 is 0 Å². The first-order valence-electron chi connectivity index (χ1n) is 6.87. The van der Waals surface area contributed by atoms with Crippen molar-refractivity contribution in [3.05, 3.63) is 51.7 Å². The third kappa shape index (κ3) is 5.15. The summed E-state index contributed by atoms with van der Waals surface area (Å²) in [4.78, 5) is 16.1. The SMILES string of the molecule is CCc1nc(CCNC(=O)NCc2ccc(F)cc2)cs1. The number of hydrogen-bond acceptors (Lipinski definition) is 3. The van der Waals surface area contributed by atoms with E-state index in [2.05, 4.69) is 22.5 Å². The van der Waals surface area contributed by atoms with Crippen molar-refractivity contribution in [2.24, 2.45) is 0 Å². The maximum atomic E-state index is 12.7. The predicted molar refractivity (Wildman–Crippen MR) is 81.8 cm³/mol. The van der Waals surface area contributed by atoms with Gasteiger partial charge in [0, 0.05) is 24.9 Å². The minimum Gasteiger partial charge on any atom is -0.338 e. The molecule has 1 heterocycles. The highest BCUT2D eigenvalue weighted by atomic mass is 32.1. The number of rotatable bonds is 6. The highest BCUT2D eigenvalue weighted by Gasteiger charge is 2.03. The number of urea groups is 1. The van der Waals surface area contributed by atoms with Crippen LogP contribution in [0.1, 0.15) is 23.2 Å². The minimum absolute atomic E-state index is 0.231. The minimum atomic E-state index is -0.280. The van der Waals surface area contributed by atoms with Crippen LogP contribution in [0.5, 0.6) is 0 Å². The van der Waals surface area contributed by atoms with Crippen molar-refractivity contribution in [3.8, 4) is 0 Å². The lowest BCUT2D eigenvalue weighted by Crippen LogP contribution is -2.36. The summed E-state index contributed by atoms with van der Waals surface area (Å²) in [5.41, 5.74) is 1.87. The van der Waals surface area contributed by atoms with Crippen molar-refractivity contribution in [1.29, 1.82) is 0 Å². The number of amides is 2. The molecular formula is C15H18FN3OS. The smallest absolute Gasteiger partial charge is 0.315 e. The van der Waals surface area contributed by atoms with Gasteiger partial charge in [-0.1, -0.05) is 19.1 Å². The lowest BCUT2D eigenvalue weighted by Gasteiger charge is -2.07. The Bertz CT molecular complexity index is 583. The first-order chi connectivity index (χ1) is 10.2. The molecule has 2 N–H and O–H groups in total. The Morgan fingerprint density at radius 3 is 2.71 bits per heavy atom. The second-order valence-corrected chi connectivity index (χ2v) is 5.51. The molecule has 0 radical (unpaired) electrons. The van der Waals surface area contributed by atoms with E-state index in [4.69, 9.17) is 0 Å². The molecule has 0 aliphatic rings. The fraction of sp³-hybridized carbons (Fsp3) is 0.333. The summed E-state index contributed by atoms with van der Waals surface area (Å²) >= 11 is 1.65. The third-order valence-electron chi connectivity index (χ3n) is 2.93. The molecular weight excluding hydrogens is 289 g/mol. The summed E-state index contributed by atoms with van der Waals surface area (Å²) < 4.78 is 12.7. The molecule has 1 aromatic heterocycles. The Hall–Kier alpha value is -1.95. The second kappa shape index (κ2) is 7.73. The molecule has 2 rings (SSSR count). The van der Waals surface area contributed by atoms with Crippen LogP contribution in [-0.2, 0) is 19.4 Å². The molecule has 21 heavy (non-hydrogen) atoms. The van der Waals surface area contributed by atoms with Crippen LogP contribution >= 0.6 is 11.3 Å². The number of halogens is 1. The molecule has 6 heteroatoms. The first-order valence-corrected chi connectivity index (χ1v) is 7.74. The molecule has 2 amide bonds. The Kier molecular flexibility index (Phi) is 5.68. The van der Waals surface area contributed by atoms with Gasteiger partial charge in [0.25, 0.3) is 0 Å². The Morgan fingerprint density at radius 2 is 2.05 bits per heavy atom. The van der Waals surface area contributed by atoms with Crippen molar-refractivity contribution in [3.63, 3.8) is 0 Å². The molecule has 0 unspecified atom stereocenters. The molecule has 1 aromatic carbocycles. The fourth-order valence-electron chi connectivity index (χ4n) is 1.78. The zero-order chi connectivity index (χ0) is 15.1. The van der Waals surface area contributed by atoms with E-state index in [0.29, 0.717) is 13.1 Å². The average Bonchev–Trinajstić information content (AvgIpc) is 2.95. The van der Waals surface area contributed by atoms with E-state index in [-0.39, 0.29) is 11.8 Å². The third-order valence-corrected chi connectivity index (χ3v) is 3.98. The molecule has 0 saturated heterocycles. The standard InChI is InChI=1S/C15H18FN3OS/c1-2-14-19-13(10-21-14)7-8-17-15(20)18-9-11-3-5-12(16)6-4-11/h3-6,10H,2,7-9H2,1H3,(H2,17,18,20). The summed E-state index contributed by atoms with van der Waals surface area (Å²) in [5.74, 6) is -0.280. The van der Waals surface area contributed by atoms with E-state index in [1.165, 1.54) is 12.1 Å². The van der Waals surface area contributed by atoms with Gasteiger partial charge in [0.05, 0.1) is 10.7 Å². The van der Waals surface area contributed by atoms with Gasteiger partial charge in [-0.3, -0.25) is 0 Å². The van der Waals surface area contributed by atoms with Crippen LogP contribution in [-0.4, -0.2) is 17.6 Å². The first kappa shape index (κ1) is 15.4. The van der Waals surface area contributed by atoms with Gasteiger partial charge < -0.3 is 10.6 Å². The molecule has 0 fully saturated rings. The summed E-state index contributed by atoms with van der Waals surface area (Å²) in [6.45, 7) is 2.99. The van der Waals surface area contributed by atoms with E-state index in [1.54, 1.807) is 23.5 Å². The summed E-state index contributed by atoms with van der Waals surface area (Å²) in [7, 11) is 0. The molecule has 112 valence electrons. The number of nitrogens with zero attached hydrogens (tertiary/aromatic N) is 1. The van der Waals surface area contributed by atoms with Gasteiger partial charge in [-0.25, -0.2) is 14.2 Å². The number of aryl methyl sites for hydroxylation is 1. The Labute approximate surface area is 127 Å². The highest BCUT2D eigenvalue weighted by Crippen LogP contribution is 2.10. The largest absolute Gasteiger partial charge is 0.338 e. The number of nitrogens with one attached hydrogen (secondary N) is 2. The monoisotopic (exact) mass is 307 g/mol. The molecule has 4 nitrogen and oxygen atoms in total. The van der Waals surface area contributed by atoms with Crippen LogP contribution in [0.15, 0.2) is 29.6 Å². The van der Waals surface area contributed by atoms with Gasteiger partial charge in [-0.05, 0) is 24.1 Å².